The quantitative estimate of drug-likeness (QED) is 0.866. The molecule has 1 heterocycles. The van der Waals surface area contributed by atoms with Crippen molar-refractivity contribution >= 4 is 11.6 Å². The predicted octanol–water partition coefficient (Wildman–Crippen LogP) is 3.40. The van der Waals surface area contributed by atoms with Crippen LogP contribution >= 0.6 is 0 Å². The second-order valence-electron chi connectivity index (χ2n) is 5.61. The Labute approximate surface area is 141 Å². The summed E-state index contributed by atoms with van der Waals surface area (Å²) in [5.41, 5.74) is 2.73. The number of hydrazone groups is 1. The van der Waals surface area contributed by atoms with Crippen molar-refractivity contribution in [1.82, 2.24) is 5.01 Å². The summed E-state index contributed by atoms with van der Waals surface area (Å²) in [6.07, 6.45) is 0.632. The lowest BCUT2D eigenvalue weighted by molar-refractivity contribution is -0.130. The van der Waals surface area contributed by atoms with Crippen LogP contribution in [0.2, 0.25) is 0 Å². The van der Waals surface area contributed by atoms with Crippen LogP contribution in [0.1, 0.15) is 30.5 Å². The molecule has 0 aliphatic carbocycles. The maximum Gasteiger partial charge on any atom is 0.240 e. The minimum atomic E-state index is -0.102. The summed E-state index contributed by atoms with van der Waals surface area (Å²) in [4.78, 5) is 12.0. The fourth-order valence-electron chi connectivity index (χ4n) is 2.94. The molecule has 0 bridgehead atoms. The van der Waals surface area contributed by atoms with Crippen molar-refractivity contribution in [3.63, 3.8) is 0 Å². The fourth-order valence-corrected chi connectivity index (χ4v) is 2.94. The lowest BCUT2D eigenvalue weighted by atomic mass is 9.98. The van der Waals surface area contributed by atoms with Crippen LogP contribution in [0.3, 0.4) is 0 Å². The average molecular weight is 324 g/mol. The minimum Gasteiger partial charge on any atom is -0.497 e. The van der Waals surface area contributed by atoms with Crippen molar-refractivity contribution in [2.45, 2.75) is 19.4 Å². The molecule has 5 heteroatoms. The van der Waals surface area contributed by atoms with Crippen molar-refractivity contribution in [2.75, 3.05) is 14.2 Å². The largest absolute Gasteiger partial charge is 0.497 e. The van der Waals surface area contributed by atoms with Crippen molar-refractivity contribution < 1.29 is 14.3 Å². The Hall–Kier alpha value is -2.82. The Morgan fingerprint density at radius 3 is 2.50 bits per heavy atom. The van der Waals surface area contributed by atoms with Crippen molar-refractivity contribution in [2.24, 2.45) is 5.10 Å². The maximum atomic E-state index is 12.0. The molecule has 1 aliphatic rings. The highest BCUT2D eigenvalue weighted by Crippen LogP contribution is 2.36. The molecule has 0 N–H and O–H groups in total. The number of benzene rings is 2. The van der Waals surface area contributed by atoms with E-state index in [1.165, 1.54) is 6.92 Å². The first-order valence-corrected chi connectivity index (χ1v) is 7.78. The number of ether oxygens (including phenoxy) is 2. The topological polar surface area (TPSA) is 51.1 Å². The summed E-state index contributed by atoms with van der Waals surface area (Å²) in [5.74, 6) is 1.36. The van der Waals surface area contributed by atoms with Gasteiger partial charge in [-0.3, -0.25) is 4.79 Å². The number of hydrogen-bond donors (Lipinski definition) is 0. The smallest absolute Gasteiger partial charge is 0.240 e. The zero-order valence-electron chi connectivity index (χ0n) is 14.0. The monoisotopic (exact) mass is 324 g/mol. The Balaban J connectivity index is 2.01. The first-order chi connectivity index (χ1) is 11.6. The molecular weight excluding hydrogens is 304 g/mol. The van der Waals surface area contributed by atoms with Gasteiger partial charge in [-0.15, -0.1) is 0 Å². The highest BCUT2D eigenvalue weighted by molar-refractivity contribution is 6.05. The first-order valence-electron chi connectivity index (χ1n) is 7.78. The molecule has 1 atom stereocenters. The van der Waals surface area contributed by atoms with Crippen LogP contribution in [0.4, 0.5) is 0 Å². The standard InChI is InChI=1S/C19H20N2O3/c1-13(22)21-18(14-7-5-4-6-8-14)12-17(20-21)16-11-15(23-2)9-10-19(16)24-3/h4-11,18H,12H2,1-3H3. The van der Waals surface area contributed by atoms with E-state index in [1.807, 2.05) is 48.5 Å². The van der Waals surface area contributed by atoms with Gasteiger partial charge in [-0.05, 0) is 23.8 Å². The number of carbonyl (C=O) groups is 1. The number of carbonyl (C=O) groups excluding carboxylic acids is 1. The van der Waals surface area contributed by atoms with Crippen LogP contribution in [-0.4, -0.2) is 30.8 Å². The highest BCUT2D eigenvalue weighted by atomic mass is 16.5. The zero-order valence-corrected chi connectivity index (χ0v) is 14.0. The van der Waals surface area contributed by atoms with Gasteiger partial charge in [-0.25, -0.2) is 5.01 Å². The van der Waals surface area contributed by atoms with Crippen LogP contribution in [0, 0.1) is 0 Å². The molecule has 0 radical (unpaired) electrons. The minimum absolute atomic E-state index is 0.0827. The Morgan fingerprint density at radius 1 is 1.12 bits per heavy atom. The summed E-state index contributed by atoms with van der Waals surface area (Å²) in [6, 6.07) is 15.4. The molecule has 2 aromatic rings. The summed E-state index contributed by atoms with van der Waals surface area (Å²) in [5, 5.41) is 6.11. The Morgan fingerprint density at radius 2 is 1.88 bits per heavy atom. The normalized spacial score (nSPS) is 16.7. The molecule has 1 aliphatic heterocycles. The van der Waals surface area contributed by atoms with Gasteiger partial charge in [-0.2, -0.15) is 5.10 Å². The summed E-state index contributed by atoms with van der Waals surface area (Å²) >= 11 is 0. The zero-order chi connectivity index (χ0) is 17.1. The predicted molar refractivity (Wildman–Crippen MR) is 92.4 cm³/mol. The van der Waals surface area contributed by atoms with E-state index < -0.39 is 0 Å². The molecule has 0 spiro atoms. The molecule has 1 amide bonds. The van der Waals surface area contributed by atoms with E-state index in [0.717, 1.165) is 22.6 Å². The molecule has 0 fully saturated rings. The maximum absolute atomic E-state index is 12.0. The van der Waals surface area contributed by atoms with Crippen LogP contribution in [0.15, 0.2) is 53.6 Å². The third kappa shape index (κ3) is 2.97. The van der Waals surface area contributed by atoms with Gasteiger partial charge in [0.15, 0.2) is 0 Å². The molecular formula is C19H20N2O3. The van der Waals surface area contributed by atoms with E-state index >= 15 is 0 Å². The highest BCUT2D eigenvalue weighted by Gasteiger charge is 2.32. The fraction of sp³-hybridized carbons (Fsp3) is 0.263. The van der Waals surface area contributed by atoms with Gasteiger partial charge in [0.25, 0.3) is 0 Å². The Kier molecular flexibility index (Phi) is 4.51. The molecule has 3 rings (SSSR count). The van der Waals surface area contributed by atoms with E-state index in [-0.39, 0.29) is 11.9 Å². The molecule has 1 unspecified atom stereocenters. The summed E-state index contributed by atoms with van der Waals surface area (Å²) < 4.78 is 10.8. The van der Waals surface area contributed by atoms with Gasteiger partial charge in [0, 0.05) is 18.9 Å². The number of hydrogen-bond acceptors (Lipinski definition) is 4. The van der Waals surface area contributed by atoms with E-state index in [2.05, 4.69) is 5.10 Å². The SMILES string of the molecule is COc1ccc(OC)c(C2=NN(C(C)=O)C(c3ccccc3)C2)c1. The van der Waals surface area contributed by atoms with E-state index in [4.69, 9.17) is 9.47 Å². The van der Waals surface area contributed by atoms with Gasteiger partial charge < -0.3 is 9.47 Å². The second-order valence-corrected chi connectivity index (χ2v) is 5.61. The van der Waals surface area contributed by atoms with E-state index in [1.54, 1.807) is 19.2 Å². The molecule has 5 nitrogen and oxygen atoms in total. The van der Waals surface area contributed by atoms with Crippen LogP contribution in [0.25, 0.3) is 0 Å². The second kappa shape index (κ2) is 6.74. The van der Waals surface area contributed by atoms with Crippen molar-refractivity contribution in [3.05, 3.63) is 59.7 Å². The van der Waals surface area contributed by atoms with Crippen LogP contribution in [0.5, 0.6) is 11.5 Å². The molecule has 0 saturated heterocycles. The Bertz CT molecular complexity index is 771. The first kappa shape index (κ1) is 16.1. The number of nitrogens with zero attached hydrogens (tertiary/aromatic N) is 2. The molecule has 24 heavy (non-hydrogen) atoms. The molecule has 2 aromatic carbocycles. The van der Waals surface area contributed by atoms with Gasteiger partial charge in [0.1, 0.15) is 11.5 Å². The van der Waals surface area contributed by atoms with E-state index in [9.17, 15) is 4.79 Å². The molecule has 0 aromatic heterocycles. The van der Waals surface area contributed by atoms with Gasteiger partial charge in [0.2, 0.25) is 5.91 Å². The lowest BCUT2D eigenvalue weighted by Gasteiger charge is -2.20. The van der Waals surface area contributed by atoms with Gasteiger partial charge in [0.05, 0.1) is 26.0 Å². The third-order valence-electron chi connectivity index (χ3n) is 4.13. The summed E-state index contributed by atoms with van der Waals surface area (Å²) in [6.45, 7) is 1.53. The van der Waals surface area contributed by atoms with Gasteiger partial charge >= 0.3 is 0 Å². The molecule has 124 valence electrons. The van der Waals surface area contributed by atoms with Gasteiger partial charge in [-0.1, -0.05) is 30.3 Å². The van der Waals surface area contributed by atoms with Crippen molar-refractivity contribution in [3.8, 4) is 11.5 Å². The van der Waals surface area contributed by atoms with E-state index in [0.29, 0.717) is 12.2 Å². The van der Waals surface area contributed by atoms with Crippen LogP contribution in [-0.2, 0) is 4.79 Å². The van der Waals surface area contributed by atoms with Crippen molar-refractivity contribution in [1.29, 1.82) is 0 Å². The number of amides is 1. The molecule has 0 saturated carbocycles. The summed E-state index contributed by atoms with van der Waals surface area (Å²) in [7, 11) is 3.24. The third-order valence-corrected chi connectivity index (χ3v) is 4.13. The average Bonchev–Trinajstić information content (AvgIpc) is 3.07. The van der Waals surface area contributed by atoms with Crippen LogP contribution < -0.4 is 9.47 Å². The lowest BCUT2D eigenvalue weighted by Crippen LogP contribution is -2.24. The number of rotatable bonds is 4. The number of methoxy groups -OCH3 is 2.